The lowest BCUT2D eigenvalue weighted by Gasteiger charge is -2.35. The molecule has 4 nitrogen and oxygen atoms in total. The Morgan fingerprint density at radius 1 is 1.29 bits per heavy atom. The van der Waals surface area contributed by atoms with Gasteiger partial charge >= 0.3 is 0 Å². The highest BCUT2D eigenvalue weighted by Crippen LogP contribution is 2.31. The highest BCUT2D eigenvalue weighted by atomic mass is 32.1. The normalized spacial score (nSPS) is 18.6. The molecule has 0 spiro atoms. The van der Waals surface area contributed by atoms with Gasteiger partial charge in [-0.3, -0.25) is 4.79 Å². The van der Waals surface area contributed by atoms with Gasteiger partial charge in [-0.25, -0.2) is 0 Å². The predicted octanol–water partition coefficient (Wildman–Crippen LogP) is 1.80. The largest absolute Gasteiger partial charge is 0.389 e. The molecule has 3 N–H and O–H groups in total. The van der Waals surface area contributed by atoms with Crippen molar-refractivity contribution in [2.75, 3.05) is 18.0 Å². The molecular formula is C16H17N3OS. The van der Waals surface area contributed by atoms with Crippen LogP contribution < -0.4 is 16.0 Å². The summed E-state index contributed by atoms with van der Waals surface area (Å²) < 4.78 is 0. The summed E-state index contributed by atoms with van der Waals surface area (Å²) in [5.74, 6) is 0.0590. The van der Waals surface area contributed by atoms with Crippen LogP contribution in [-0.4, -0.2) is 30.0 Å². The zero-order valence-corrected chi connectivity index (χ0v) is 12.6. The first-order chi connectivity index (χ1) is 10.1. The number of benzene rings is 2. The Morgan fingerprint density at radius 3 is 2.71 bits per heavy atom. The topological polar surface area (TPSA) is 58.4 Å². The molecule has 108 valence electrons. The standard InChI is InChI=1S/C16H17N3OS/c1-10-16(20)18-8-9-19(10)14-7-6-13(15(17)21)11-4-2-3-5-12(11)14/h2-7,10H,8-9H2,1H3,(H2,17,21)(H,18,20). The molecule has 1 heterocycles. The Bertz CT molecular complexity index is 729. The van der Waals surface area contributed by atoms with E-state index in [0.717, 1.165) is 28.6 Å². The maximum Gasteiger partial charge on any atom is 0.242 e. The molecule has 2 aromatic rings. The minimum atomic E-state index is -0.183. The van der Waals surface area contributed by atoms with E-state index in [-0.39, 0.29) is 11.9 Å². The number of fused-ring (bicyclic) bond motifs is 1. The molecule has 1 fully saturated rings. The highest BCUT2D eigenvalue weighted by Gasteiger charge is 2.26. The first kappa shape index (κ1) is 13.8. The first-order valence-corrected chi connectivity index (χ1v) is 7.36. The van der Waals surface area contributed by atoms with Gasteiger partial charge in [0.05, 0.1) is 0 Å². The number of hydrogen-bond donors (Lipinski definition) is 2. The van der Waals surface area contributed by atoms with E-state index >= 15 is 0 Å². The van der Waals surface area contributed by atoms with Crippen LogP contribution in [0.2, 0.25) is 0 Å². The summed E-state index contributed by atoms with van der Waals surface area (Å²) in [6.07, 6.45) is 0. The lowest BCUT2D eigenvalue weighted by atomic mass is 10.0. The van der Waals surface area contributed by atoms with Crippen molar-refractivity contribution in [1.82, 2.24) is 5.32 Å². The fraction of sp³-hybridized carbons (Fsp3) is 0.250. The van der Waals surface area contributed by atoms with Crippen molar-refractivity contribution < 1.29 is 4.79 Å². The van der Waals surface area contributed by atoms with E-state index in [1.807, 2.05) is 43.3 Å². The second-order valence-corrected chi connectivity index (χ2v) is 5.64. The van der Waals surface area contributed by atoms with Gasteiger partial charge in [0.15, 0.2) is 0 Å². The molecule has 2 aromatic carbocycles. The molecule has 1 unspecified atom stereocenters. The average molecular weight is 299 g/mol. The summed E-state index contributed by atoms with van der Waals surface area (Å²) in [4.78, 5) is 14.4. The summed E-state index contributed by atoms with van der Waals surface area (Å²) in [6.45, 7) is 3.38. The fourth-order valence-electron chi connectivity index (χ4n) is 2.86. The minimum Gasteiger partial charge on any atom is -0.389 e. The number of carbonyl (C=O) groups excluding carboxylic acids is 1. The van der Waals surface area contributed by atoms with Crippen LogP contribution in [0, 0.1) is 0 Å². The molecule has 0 aromatic heterocycles. The number of hydrogen-bond acceptors (Lipinski definition) is 3. The Kier molecular flexibility index (Phi) is 3.51. The smallest absolute Gasteiger partial charge is 0.242 e. The van der Waals surface area contributed by atoms with Crippen molar-refractivity contribution in [2.45, 2.75) is 13.0 Å². The van der Waals surface area contributed by atoms with Crippen LogP contribution >= 0.6 is 12.2 Å². The number of nitrogens with one attached hydrogen (secondary N) is 1. The SMILES string of the molecule is CC1C(=O)NCCN1c1ccc(C(N)=S)c2ccccc12. The van der Waals surface area contributed by atoms with E-state index in [4.69, 9.17) is 18.0 Å². The third kappa shape index (κ3) is 2.34. The van der Waals surface area contributed by atoms with Crippen molar-refractivity contribution in [3.63, 3.8) is 0 Å². The van der Waals surface area contributed by atoms with Crippen molar-refractivity contribution >= 4 is 39.6 Å². The summed E-state index contributed by atoms with van der Waals surface area (Å²) in [6, 6.07) is 11.8. The van der Waals surface area contributed by atoms with Crippen LogP contribution in [-0.2, 0) is 4.79 Å². The molecule has 0 aliphatic carbocycles. The maximum absolute atomic E-state index is 11.9. The van der Waals surface area contributed by atoms with Gasteiger partial charge in [-0.15, -0.1) is 0 Å². The summed E-state index contributed by atoms with van der Waals surface area (Å²) >= 11 is 5.13. The number of thiocarbonyl (C=S) groups is 1. The summed E-state index contributed by atoms with van der Waals surface area (Å²) in [7, 11) is 0. The third-order valence-electron chi connectivity index (χ3n) is 3.97. The first-order valence-electron chi connectivity index (χ1n) is 6.95. The van der Waals surface area contributed by atoms with Crippen molar-refractivity contribution in [2.24, 2.45) is 5.73 Å². The van der Waals surface area contributed by atoms with Gasteiger partial charge in [0.2, 0.25) is 5.91 Å². The number of piperazine rings is 1. The van der Waals surface area contributed by atoms with Gasteiger partial charge in [-0.05, 0) is 24.4 Å². The number of carbonyl (C=O) groups is 1. The number of amides is 1. The number of nitrogens with zero attached hydrogens (tertiary/aromatic N) is 1. The Balaban J connectivity index is 2.18. The predicted molar refractivity (Wildman–Crippen MR) is 89.7 cm³/mol. The summed E-state index contributed by atoms with van der Waals surface area (Å²) in [5, 5.41) is 4.99. The average Bonchev–Trinajstić information content (AvgIpc) is 2.49. The quantitative estimate of drug-likeness (QED) is 0.830. The van der Waals surface area contributed by atoms with Crippen LogP contribution in [0.3, 0.4) is 0 Å². The fourth-order valence-corrected chi connectivity index (χ4v) is 3.04. The number of rotatable bonds is 2. The molecule has 3 rings (SSSR count). The van der Waals surface area contributed by atoms with Crippen LogP contribution in [0.4, 0.5) is 5.69 Å². The van der Waals surface area contributed by atoms with Crippen molar-refractivity contribution in [3.8, 4) is 0 Å². The van der Waals surface area contributed by atoms with Gasteiger partial charge in [0, 0.05) is 29.7 Å². The molecule has 1 saturated heterocycles. The minimum absolute atomic E-state index is 0.0590. The van der Waals surface area contributed by atoms with Gasteiger partial charge in [-0.1, -0.05) is 36.5 Å². The molecule has 1 aliphatic heterocycles. The van der Waals surface area contributed by atoms with Crippen molar-refractivity contribution in [1.29, 1.82) is 0 Å². The zero-order valence-electron chi connectivity index (χ0n) is 11.8. The Hall–Kier alpha value is -2.14. The highest BCUT2D eigenvalue weighted by molar-refractivity contribution is 7.80. The molecule has 1 aliphatic rings. The van der Waals surface area contributed by atoms with Gasteiger partial charge in [0.25, 0.3) is 0 Å². The van der Waals surface area contributed by atoms with Crippen molar-refractivity contribution in [3.05, 3.63) is 42.0 Å². The summed E-state index contributed by atoms with van der Waals surface area (Å²) in [5.41, 5.74) is 7.73. The molecular weight excluding hydrogens is 282 g/mol. The number of nitrogens with two attached hydrogens (primary N) is 1. The molecule has 5 heteroatoms. The van der Waals surface area contributed by atoms with E-state index in [2.05, 4.69) is 10.2 Å². The number of anilines is 1. The van der Waals surface area contributed by atoms with Crippen LogP contribution in [0.5, 0.6) is 0 Å². The van der Waals surface area contributed by atoms with E-state index in [1.165, 1.54) is 0 Å². The van der Waals surface area contributed by atoms with Crippen LogP contribution in [0.1, 0.15) is 12.5 Å². The lowest BCUT2D eigenvalue weighted by molar-refractivity contribution is -0.122. The molecule has 0 saturated carbocycles. The van der Waals surface area contributed by atoms with E-state index in [1.54, 1.807) is 0 Å². The zero-order chi connectivity index (χ0) is 15.0. The van der Waals surface area contributed by atoms with E-state index < -0.39 is 0 Å². The van der Waals surface area contributed by atoms with Crippen LogP contribution in [0.15, 0.2) is 36.4 Å². The van der Waals surface area contributed by atoms with Gasteiger partial charge in [-0.2, -0.15) is 0 Å². The molecule has 21 heavy (non-hydrogen) atoms. The lowest BCUT2D eigenvalue weighted by Crippen LogP contribution is -2.54. The second kappa shape index (κ2) is 5.33. The van der Waals surface area contributed by atoms with E-state index in [0.29, 0.717) is 11.5 Å². The molecule has 0 radical (unpaired) electrons. The van der Waals surface area contributed by atoms with E-state index in [9.17, 15) is 4.79 Å². The third-order valence-corrected chi connectivity index (χ3v) is 4.19. The Labute approximate surface area is 128 Å². The maximum atomic E-state index is 11.9. The molecule has 1 atom stereocenters. The monoisotopic (exact) mass is 299 g/mol. The van der Waals surface area contributed by atoms with Gasteiger partial charge in [0.1, 0.15) is 11.0 Å². The van der Waals surface area contributed by atoms with Gasteiger partial charge < -0.3 is 16.0 Å². The van der Waals surface area contributed by atoms with Crippen LogP contribution in [0.25, 0.3) is 10.8 Å². The molecule has 0 bridgehead atoms. The second-order valence-electron chi connectivity index (χ2n) is 5.20. The Morgan fingerprint density at radius 2 is 2.00 bits per heavy atom. The molecule has 1 amide bonds.